The van der Waals surface area contributed by atoms with Crippen molar-refractivity contribution in [3.8, 4) is 0 Å². The lowest BCUT2D eigenvalue weighted by molar-refractivity contribution is -0.162. The Morgan fingerprint density at radius 2 is 1.79 bits per heavy atom. The van der Waals surface area contributed by atoms with Crippen LogP contribution in [0.2, 0.25) is 0 Å². The molecule has 4 atom stereocenters. The Bertz CT molecular complexity index is 296. The van der Waals surface area contributed by atoms with Gasteiger partial charge in [-0.2, -0.15) is 0 Å². The van der Waals surface area contributed by atoms with Crippen LogP contribution >= 0.6 is 23.5 Å². The topological polar surface area (TPSA) is 79.2 Å². The van der Waals surface area contributed by atoms with Crippen molar-refractivity contribution in [2.75, 3.05) is 18.1 Å². The molecular weight excluding hydrogens is 288 g/mol. The van der Waals surface area contributed by atoms with Crippen molar-refractivity contribution in [1.29, 1.82) is 0 Å². The molecule has 0 saturated carbocycles. The Hall–Kier alpha value is 0.500. The number of aliphatic hydroxyl groups is 3. The summed E-state index contributed by atoms with van der Waals surface area (Å²) in [7, 11) is 0. The number of ether oxygens (including phenoxy) is 2. The van der Waals surface area contributed by atoms with Crippen molar-refractivity contribution < 1.29 is 24.8 Å². The molecule has 3 N–H and O–H groups in total. The lowest BCUT2D eigenvalue weighted by atomic mass is 10.0. The number of rotatable bonds is 4. The molecule has 19 heavy (non-hydrogen) atoms. The molecule has 0 amide bonds. The van der Waals surface area contributed by atoms with Crippen LogP contribution in [0.4, 0.5) is 0 Å². The number of hydrogen-bond donors (Lipinski definition) is 3. The van der Waals surface area contributed by atoms with E-state index in [0.29, 0.717) is 0 Å². The molecule has 0 bridgehead atoms. The second-order valence-corrected chi connectivity index (χ2v) is 8.06. The third-order valence-electron chi connectivity index (χ3n) is 3.22. The third-order valence-corrected chi connectivity index (χ3v) is 6.30. The van der Waals surface area contributed by atoms with Crippen LogP contribution in [0.1, 0.15) is 20.3 Å². The van der Waals surface area contributed by atoms with E-state index in [4.69, 9.17) is 9.47 Å². The van der Waals surface area contributed by atoms with Gasteiger partial charge in [-0.25, -0.2) is 0 Å². The Labute approximate surface area is 122 Å². The third kappa shape index (κ3) is 3.78. The second kappa shape index (κ2) is 6.51. The van der Waals surface area contributed by atoms with Crippen LogP contribution in [0, 0.1) is 0 Å². The standard InChI is InChI=1S/C12H22O5S2/c1-12(2)16-7(6-13)10(17-12)8(14)9(15)11-18-4-3-5-19-11/h7-11,13-15H,3-6H2,1-2H3/t7-,8-,9-,10+/m1/s1. The van der Waals surface area contributed by atoms with Gasteiger partial charge in [0.05, 0.1) is 11.2 Å². The molecule has 0 aromatic rings. The van der Waals surface area contributed by atoms with Crippen molar-refractivity contribution in [1.82, 2.24) is 0 Å². The first kappa shape index (κ1) is 15.9. The molecule has 2 aliphatic heterocycles. The summed E-state index contributed by atoms with van der Waals surface area (Å²) in [5.41, 5.74) is 0. The summed E-state index contributed by atoms with van der Waals surface area (Å²) in [5, 5.41) is 29.9. The molecular formula is C12H22O5S2. The van der Waals surface area contributed by atoms with Crippen molar-refractivity contribution in [3.05, 3.63) is 0 Å². The predicted octanol–water partition coefficient (Wildman–Crippen LogP) is 0.417. The molecule has 2 aliphatic rings. The lowest BCUT2D eigenvalue weighted by Crippen LogP contribution is -2.48. The van der Waals surface area contributed by atoms with E-state index in [1.807, 2.05) is 0 Å². The highest BCUT2D eigenvalue weighted by Gasteiger charge is 2.47. The maximum Gasteiger partial charge on any atom is 0.164 e. The number of hydrogen-bond acceptors (Lipinski definition) is 7. The first-order valence-corrected chi connectivity index (χ1v) is 8.60. The zero-order valence-corrected chi connectivity index (χ0v) is 12.8. The van der Waals surface area contributed by atoms with E-state index in [1.54, 1.807) is 37.4 Å². The highest BCUT2D eigenvalue weighted by atomic mass is 32.2. The van der Waals surface area contributed by atoms with Crippen LogP contribution in [0.5, 0.6) is 0 Å². The minimum atomic E-state index is -1.05. The highest BCUT2D eigenvalue weighted by Crippen LogP contribution is 2.37. The molecule has 0 unspecified atom stereocenters. The van der Waals surface area contributed by atoms with E-state index in [2.05, 4.69) is 0 Å². The van der Waals surface area contributed by atoms with Gasteiger partial charge in [0, 0.05) is 0 Å². The van der Waals surface area contributed by atoms with Gasteiger partial charge in [-0.3, -0.25) is 0 Å². The zero-order chi connectivity index (χ0) is 14.0. The highest BCUT2D eigenvalue weighted by molar-refractivity contribution is 8.17. The fourth-order valence-corrected chi connectivity index (χ4v) is 5.30. The SMILES string of the molecule is CC1(C)O[C@H]([C@H](O)[C@@H](O)C2SCCCS2)[C@@H](CO)O1. The molecule has 112 valence electrons. The minimum absolute atomic E-state index is 0.0459. The molecule has 0 aromatic heterocycles. The minimum Gasteiger partial charge on any atom is -0.394 e. The first-order chi connectivity index (χ1) is 8.94. The van der Waals surface area contributed by atoms with Gasteiger partial charge in [-0.1, -0.05) is 0 Å². The maximum absolute atomic E-state index is 10.3. The summed E-state index contributed by atoms with van der Waals surface area (Å²) >= 11 is 3.32. The molecule has 5 nitrogen and oxygen atoms in total. The lowest BCUT2D eigenvalue weighted by Gasteiger charge is -2.32. The average Bonchev–Trinajstić information content (AvgIpc) is 2.73. The van der Waals surface area contributed by atoms with E-state index in [9.17, 15) is 15.3 Å². The van der Waals surface area contributed by atoms with E-state index in [-0.39, 0.29) is 11.2 Å². The molecule has 0 aromatic carbocycles. The average molecular weight is 310 g/mol. The quantitative estimate of drug-likeness (QED) is 0.694. The Kier molecular flexibility index (Phi) is 5.44. The van der Waals surface area contributed by atoms with Crippen LogP contribution in [0.15, 0.2) is 0 Å². The van der Waals surface area contributed by atoms with Crippen LogP contribution in [0.3, 0.4) is 0 Å². The predicted molar refractivity (Wildman–Crippen MR) is 76.2 cm³/mol. The molecule has 2 rings (SSSR count). The van der Waals surface area contributed by atoms with Gasteiger partial charge in [0.2, 0.25) is 0 Å². The van der Waals surface area contributed by atoms with Gasteiger partial charge < -0.3 is 24.8 Å². The summed E-state index contributed by atoms with van der Waals surface area (Å²) in [6.07, 6.45) is -2.10. The summed E-state index contributed by atoms with van der Waals surface area (Å²) in [6, 6.07) is 0. The summed E-state index contributed by atoms with van der Waals surface area (Å²) in [6.45, 7) is 3.24. The molecule has 0 aliphatic carbocycles. The Morgan fingerprint density at radius 3 is 2.37 bits per heavy atom. The Morgan fingerprint density at radius 1 is 1.16 bits per heavy atom. The normalized spacial score (nSPS) is 35.2. The van der Waals surface area contributed by atoms with Crippen LogP contribution < -0.4 is 0 Å². The first-order valence-electron chi connectivity index (χ1n) is 6.50. The van der Waals surface area contributed by atoms with Crippen LogP contribution in [0.25, 0.3) is 0 Å². The molecule has 0 radical (unpaired) electrons. The fourth-order valence-electron chi connectivity index (χ4n) is 2.35. The summed E-state index contributed by atoms with van der Waals surface area (Å²) < 4.78 is 11.1. The zero-order valence-electron chi connectivity index (χ0n) is 11.2. The molecule has 2 heterocycles. The van der Waals surface area contributed by atoms with Gasteiger partial charge in [-0.05, 0) is 31.8 Å². The van der Waals surface area contributed by atoms with Gasteiger partial charge in [0.25, 0.3) is 0 Å². The second-order valence-electron chi connectivity index (χ2n) is 5.27. The van der Waals surface area contributed by atoms with Crippen LogP contribution in [-0.4, -0.2) is 68.2 Å². The molecule has 2 saturated heterocycles. The van der Waals surface area contributed by atoms with Crippen molar-refractivity contribution in [3.63, 3.8) is 0 Å². The smallest absolute Gasteiger partial charge is 0.164 e. The molecule has 2 fully saturated rings. The summed E-state index contributed by atoms with van der Waals surface area (Å²) in [4.78, 5) is 0. The van der Waals surface area contributed by atoms with Gasteiger partial charge in [-0.15, -0.1) is 23.5 Å². The van der Waals surface area contributed by atoms with Crippen LogP contribution in [-0.2, 0) is 9.47 Å². The molecule has 0 spiro atoms. The van der Waals surface area contributed by atoms with E-state index >= 15 is 0 Å². The monoisotopic (exact) mass is 310 g/mol. The number of aliphatic hydroxyl groups excluding tert-OH is 3. The van der Waals surface area contributed by atoms with Gasteiger partial charge in [0.1, 0.15) is 24.4 Å². The molecule has 7 heteroatoms. The van der Waals surface area contributed by atoms with Gasteiger partial charge in [0.15, 0.2) is 5.79 Å². The van der Waals surface area contributed by atoms with E-state index in [0.717, 1.165) is 17.9 Å². The van der Waals surface area contributed by atoms with Crippen molar-refractivity contribution >= 4 is 23.5 Å². The number of thioether (sulfide) groups is 2. The summed E-state index contributed by atoms with van der Waals surface area (Å²) in [5.74, 6) is 1.16. The maximum atomic E-state index is 10.3. The van der Waals surface area contributed by atoms with Gasteiger partial charge >= 0.3 is 0 Å². The van der Waals surface area contributed by atoms with E-state index in [1.165, 1.54) is 0 Å². The largest absolute Gasteiger partial charge is 0.394 e. The fraction of sp³-hybridized carbons (Fsp3) is 1.00. The van der Waals surface area contributed by atoms with Crippen molar-refractivity contribution in [2.45, 2.75) is 55.1 Å². The van der Waals surface area contributed by atoms with Crippen molar-refractivity contribution in [2.24, 2.45) is 0 Å². The van der Waals surface area contributed by atoms with E-state index < -0.39 is 30.2 Å². The Balaban J connectivity index is 1.99.